The first kappa shape index (κ1) is 29.4. The van der Waals surface area contributed by atoms with E-state index in [1.807, 2.05) is 0 Å². The summed E-state index contributed by atoms with van der Waals surface area (Å²) in [6, 6.07) is 73.5. The molecule has 0 heterocycles. The van der Waals surface area contributed by atoms with Gasteiger partial charge in [-0.25, -0.2) is 0 Å². The summed E-state index contributed by atoms with van der Waals surface area (Å²) in [6.07, 6.45) is 0. The molecule has 2 aliphatic rings. The fourth-order valence-corrected chi connectivity index (χ4v) is 10.8. The van der Waals surface area contributed by atoms with Gasteiger partial charge in [0.15, 0.2) is 0 Å². The maximum atomic E-state index is 2.55. The summed E-state index contributed by atoms with van der Waals surface area (Å²) in [5, 5.41) is 13.0. The fraction of sp³-hybridized carbons (Fsp3) is 0.0182. The molecule has 0 bridgehead atoms. The monoisotopic (exact) mass is 692 g/mol. The molecule has 11 aromatic carbocycles. The van der Waals surface area contributed by atoms with Crippen LogP contribution in [0.15, 0.2) is 194 Å². The molecule has 2 aliphatic carbocycles. The summed E-state index contributed by atoms with van der Waals surface area (Å²) in [4.78, 5) is 0. The van der Waals surface area contributed by atoms with E-state index in [0.717, 1.165) is 0 Å². The summed E-state index contributed by atoms with van der Waals surface area (Å²) in [6.45, 7) is 0. The van der Waals surface area contributed by atoms with E-state index in [-0.39, 0.29) is 0 Å². The second kappa shape index (κ2) is 10.6. The molecule has 11 aromatic rings. The van der Waals surface area contributed by atoms with Crippen LogP contribution in [0.4, 0.5) is 0 Å². The number of rotatable bonds is 2. The van der Waals surface area contributed by atoms with E-state index in [1.54, 1.807) is 0 Å². The Morgan fingerprint density at radius 3 is 1.58 bits per heavy atom. The van der Waals surface area contributed by atoms with E-state index in [9.17, 15) is 0 Å². The lowest BCUT2D eigenvalue weighted by atomic mass is 9.70. The highest BCUT2D eigenvalue weighted by atomic mass is 14.5. The van der Waals surface area contributed by atoms with Crippen molar-refractivity contribution in [3.63, 3.8) is 0 Å². The Bertz CT molecular complexity index is 3370. The minimum absolute atomic E-state index is 0.435. The smallest absolute Gasteiger partial charge is 0.0619 e. The van der Waals surface area contributed by atoms with E-state index >= 15 is 0 Å². The summed E-state index contributed by atoms with van der Waals surface area (Å²) in [5.41, 5.74) is 15.5. The highest BCUT2D eigenvalue weighted by molar-refractivity contribution is 6.26. The maximum absolute atomic E-state index is 2.55. The minimum Gasteiger partial charge on any atom is -0.0619 e. The van der Waals surface area contributed by atoms with Crippen LogP contribution in [-0.4, -0.2) is 0 Å². The predicted molar refractivity (Wildman–Crippen MR) is 232 cm³/mol. The molecule has 0 saturated heterocycles. The molecule has 0 nitrogen and oxygen atoms in total. The molecule has 0 fully saturated rings. The largest absolute Gasteiger partial charge is 0.0725 e. The molecule has 0 aliphatic heterocycles. The van der Waals surface area contributed by atoms with Crippen molar-refractivity contribution < 1.29 is 0 Å². The Morgan fingerprint density at radius 1 is 0.255 bits per heavy atom. The van der Waals surface area contributed by atoms with Crippen LogP contribution in [0.25, 0.3) is 98.4 Å². The summed E-state index contributed by atoms with van der Waals surface area (Å²) in [5.74, 6) is 0. The molecule has 0 heteroatoms. The van der Waals surface area contributed by atoms with Crippen LogP contribution in [0.3, 0.4) is 0 Å². The van der Waals surface area contributed by atoms with E-state index in [1.165, 1.54) is 121 Å². The maximum Gasteiger partial charge on any atom is 0.0725 e. The third kappa shape index (κ3) is 3.67. The van der Waals surface area contributed by atoms with E-state index in [4.69, 9.17) is 0 Å². The lowest BCUT2D eigenvalue weighted by molar-refractivity contribution is 0.795. The molecular weight excluding hydrogens is 661 g/mol. The Hall–Kier alpha value is -7.02. The molecule has 1 spiro atoms. The van der Waals surface area contributed by atoms with Crippen molar-refractivity contribution in [3.8, 4) is 44.5 Å². The molecule has 0 atom stereocenters. The first-order valence-electron chi connectivity index (χ1n) is 19.3. The summed E-state index contributed by atoms with van der Waals surface area (Å²) >= 11 is 0. The zero-order valence-electron chi connectivity index (χ0n) is 30.0. The van der Waals surface area contributed by atoms with Crippen LogP contribution in [0.5, 0.6) is 0 Å². The summed E-state index contributed by atoms with van der Waals surface area (Å²) < 4.78 is 0. The highest BCUT2D eigenvalue weighted by Crippen LogP contribution is 2.65. The Kier molecular flexibility index (Phi) is 5.65. The average molecular weight is 693 g/mol. The molecule has 0 amide bonds. The van der Waals surface area contributed by atoms with Crippen LogP contribution < -0.4 is 0 Å². The van der Waals surface area contributed by atoms with Crippen LogP contribution in [0.1, 0.15) is 22.3 Å². The van der Waals surface area contributed by atoms with Gasteiger partial charge in [0.1, 0.15) is 0 Å². The molecule has 252 valence electrons. The quantitative estimate of drug-likeness (QED) is 0.158. The zero-order chi connectivity index (χ0) is 35.8. The first-order valence-corrected chi connectivity index (χ1v) is 19.3. The average Bonchev–Trinajstić information content (AvgIpc) is 3.71. The lowest BCUT2D eigenvalue weighted by Gasteiger charge is -2.31. The van der Waals surface area contributed by atoms with Crippen molar-refractivity contribution in [2.24, 2.45) is 0 Å². The standard InChI is InChI=1S/C55H32/c1-2-15-39-33(11-1)12-10-19-44(39)53-41-29-27-37(40-28-25-36-24-23-34-13-9-14-35-26-30-45(40)52(36)51(34)35)31-38(41)32-50-54(53)46-18-5-8-22-49(46)55(50)47-20-6-3-16-42(47)43-17-4-7-21-48(43)55/h1-32H. The molecule has 0 aromatic heterocycles. The lowest BCUT2D eigenvalue weighted by Crippen LogP contribution is -2.25. The topological polar surface area (TPSA) is 0 Å². The molecule has 0 N–H and O–H groups in total. The Morgan fingerprint density at radius 2 is 0.800 bits per heavy atom. The van der Waals surface area contributed by atoms with Gasteiger partial charge in [0.25, 0.3) is 0 Å². The minimum atomic E-state index is -0.435. The van der Waals surface area contributed by atoms with Crippen molar-refractivity contribution in [2.45, 2.75) is 5.41 Å². The van der Waals surface area contributed by atoms with Gasteiger partial charge in [0.05, 0.1) is 5.41 Å². The van der Waals surface area contributed by atoms with Crippen molar-refractivity contribution in [1.29, 1.82) is 0 Å². The normalized spacial score (nSPS) is 13.6. The van der Waals surface area contributed by atoms with E-state index in [0.29, 0.717) is 0 Å². The van der Waals surface area contributed by atoms with Crippen LogP contribution in [0.2, 0.25) is 0 Å². The highest BCUT2D eigenvalue weighted by Gasteiger charge is 2.52. The first-order chi connectivity index (χ1) is 27.3. The molecule has 0 saturated carbocycles. The van der Waals surface area contributed by atoms with Gasteiger partial charge in [0.2, 0.25) is 0 Å². The third-order valence-electron chi connectivity index (χ3n) is 13.0. The second-order valence-electron chi connectivity index (χ2n) is 15.5. The van der Waals surface area contributed by atoms with Gasteiger partial charge in [-0.05, 0) is 133 Å². The van der Waals surface area contributed by atoms with Gasteiger partial charge in [-0.1, -0.05) is 182 Å². The molecule has 0 unspecified atom stereocenters. The fourth-order valence-electron chi connectivity index (χ4n) is 10.8. The second-order valence-corrected chi connectivity index (χ2v) is 15.5. The van der Waals surface area contributed by atoms with Crippen molar-refractivity contribution in [2.75, 3.05) is 0 Å². The Balaban J connectivity index is 1.18. The van der Waals surface area contributed by atoms with Gasteiger partial charge >= 0.3 is 0 Å². The van der Waals surface area contributed by atoms with Crippen molar-refractivity contribution >= 4 is 53.9 Å². The Labute approximate surface area is 318 Å². The SMILES string of the molecule is c1ccc2c(c1)-c1ccccc1C21c2ccccc2-c2c1cc1cc(-c3ccc4ccc5cccc6ccc3c4c56)ccc1c2-c1cccc2ccccc12. The zero-order valence-corrected chi connectivity index (χ0v) is 30.0. The van der Waals surface area contributed by atoms with Crippen molar-refractivity contribution in [3.05, 3.63) is 216 Å². The van der Waals surface area contributed by atoms with Crippen LogP contribution >= 0.6 is 0 Å². The number of hydrogen-bond acceptors (Lipinski definition) is 0. The van der Waals surface area contributed by atoms with Gasteiger partial charge in [-0.3, -0.25) is 0 Å². The van der Waals surface area contributed by atoms with Crippen LogP contribution in [0, 0.1) is 0 Å². The molecular formula is C55H32. The summed E-state index contributed by atoms with van der Waals surface area (Å²) in [7, 11) is 0. The molecule has 13 rings (SSSR count). The third-order valence-corrected chi connectivity index (χ3v) is 13.0. The van der Waals surface area contributed by atoms with Crippen molar-refractivity contribution in [1.82, 2.24) is 0 Å². The predicted octanol–water partition coefficient (Wildman–Crippen LogP) is 14.6. The van der Waals surface area contributed by atoms with Gasteiger partial charge in [0, 0.05) is 0 Å². The van der Waals surface area contributed by atoms with E-state index in [2.05, 4.69) is 194 Å². The molecule has 55 heavy (non-hydrogen) atoms. The number of fused-ring (bicyclic) bond motifs is 12. The van der Waals surface area contributed by atoms with Gasteiger partial charge < -0.3 is 0 Å². The molecule has 0 radical (unpaired) electrons. The van der Waals surface area contributed by atoms with E-state index < -0.39 is 5.41 Å². The van der Waals surface area contributed by atoms with Gasteiger partial charge in [-0.15, -0.1) is 0 Å². The van der Waals surface area contributed by atoms with Gasteiger partial charge in [-0.2, -0.15) is 0 Å². The number of benzene rings is 11. The number of hydrogen-bond donors (Lipinski definition) is 0. The van der Waals surface area contributed by atoms with Crippen LogP contribution in [-0.2, 0) is 5.41 Å².